The molecule has 1 aliphatic heterocycles. The molecule has 3 rings (SSSR count). The first kappa shape index (κ1) is 18.6. The molecule has 2 aromatic carbocycles. The first-order valence-electron chi connectivity index (χ1n) is 8.53. The summed E-state index contributed by atoms with van der Waals surface area (Å²) in [6, 6.07) is 11.6. The standard InChI is InChI=1S/C20H22BrNO4/c1-24-18-6-3-13(11-19(18)25-2)4-8-20(23)22-16-9-10-26-17-7-5-14(21)12-15(16)17/h3,5-7,11-12,16H,4,8-10H2,1-2H3,(H,22,23). The van der Waals surface area contributed by atoms with Crippen LogP contribution in [0.15, 0.2) is 40.9 Å². The third-order valence-corrected chi connectivity index (χ3v) is 4.93. The van der Waals surface area contributed by atoms with Crippen molar-refractivity contribution in [2.45, 2.75) is 25.3 Å². The summed E-state index contributed by atoms with van der Waals surface area (Å²) in [7, 11) is 3.21. The number of methoxy groups -OCH3 is 2. The Hall–Kier alpha value is -2.21. The molecule has 0 saturated heterocycles. The van der Waals surface area contributed by atoms with Crippen LogP contribution in [0.5, 0.6) is 17.2 Å². The van der Waals surface area contributed by atoms with Crippen LogP contribution in [0.1, 0.15) is 30.0 Å². The van der Waals surface area contributed by atoms with Crippen LogP contribution < -0.4 is 19.5 Å². The second-order valence-electron chi connectivity index (χ2n) is 6.13. The number of halogens is 1. The summed E-state index contributed by atoms with van der Waals surface area (Å²) in [5.74, 6) is 2.22. The number of hydrogen-bond donors (Lipinski definition) is 1. The van der Waals surface area contributed by atoms with E-state index < -0.39 is 0 Å². The summed E-state index contributed by atoms with van der Waals surface area (Å²) in [6.45, 7) is 0.606. The Kier molecular flexibility index (Phi) is 6.04. The molecule has 2 aromatic rings. The fourth-order valence-electron chi connectivity index (χ4n) is 3.08. The number of carbonyl (C=O) groups excluding carboxylic acids is 1. The molecule has 1 unspecified atom stereocenters. The zero-order valence-corrected chi connectivity index (χ0v) is 16.5. The van der Waals surface area contributed by atoms with E-state index in [0.717, 1.165) is 27.8 Å². The predicted molar refractivity (Wildman–Crippen MR) is 103 cm³/mol. The topological polar surface area (TPSA) is 56.8 Å². The van der Waals surface area contributed by atoms with Gasteiger partial charge in [0.15, 0.2) is 11.5 Å². The predicted octanol–water partition coefficient (Wildman–Crippen LogP) is 4.04. The van der Waals surface area contributed by atoms with Crippen LogP contribution in [0.4, 0.5) is 0 Å². The average molecular weight is 420 g/mol. The number of hydrogen-bond acceptors (Lipinski definition) is 4. The van der Waals surface area contributed by atoms with Crippen LogP contribution >= 0.6 is 15.9 Å². The Morgan fingerprint density at radius 1 is 1.19 bits per heavy atom. The maximum Gasteiger partial charge on any atom is 0.220 e. The van der Waals surface area contributed by atoms with Gasteiger partial charge in [-0.3, -0.25) is 4.79 Å². The van der Waals surface area contributed by atoms with E-state index in [-0.39, 0.29) is 11.9 Å². The molecular formula is C20H22BrNO4. The molecule has 0 saturated carbocycles. The Morgan fingerprint density at radius 3 is 2.77 bits per heavy atom. The maximum absolute atomic E-state index is 12.4. The van der Waals surface area contributed by atoms with Crippen molar-refractivity contribution in [2.24, 2.45) is 0 Å². The van der Waals surface area contributed by atoms with Gasteiger partial charge >= 0.3 is 0 Å². The van der Waals surface area contributed by atoms with E-state index in [0.29, 0.717) is 30.9 Å². The van der Waals surface area contributed by atoms with E-state index >= 15 is 0 Å². The average Bonchev–Trinajstić information content (AvgIpc) is 2.66. The molecule has 1 N–H and O–H groups in total. The lowest BCUT2D eigenvalue weighted by Gasteiger charge is -2.27. The minimum atomic E-state index is -0.0193. The van der Waals surface area contributed by atoms with Gasteiger partial charge in [-0.1, -0.05) is 22.0 Å². The Morgan fingerprint density at radius 2 is 2.00 bits per heavy atom. The van der Waals surface area contributed by atoms with Gasteiger partial charge in [0, 0.05) is 22.9 Å². The molecule has 0 bridgehead atoms. The highest BCUT2D eigenvalue weighted by Gasteiger charge is 2.23. The first-order valence-corrected chi connectivity index (χ1v) is 9.32. The van der Waals surface area contributed by atoms with Gasteiger partial charge in [-0.05, 0) is 42.3 Å². The van der Waals surface area contributed by atoms with Crippen molar-refractivity contribution >= 4 is 21.8 Å². The Labute approximate surface area is 161 Å². The highest BCUT2D eigenvalue weighted by molar-refractivity contribution is 9.10. The first-order chi connectivity index (χ1) is 12.6. The lowest BCUT2D eigenvalue weighted by molar-refractivity contribution is -0.122. The van der Waals surface area contributed by atoms with E-state index in [1.807, 2.05) is 36.4 Å². The smallest absolute Gasteiger partial charge is 0.220 e. The van der Waals surface area contributed by atoms with Crippen LogP contribution in [-0.2, 0) is 11.2 Å². The van der Waals surface area contributed by atoms with Crippen molar-refractivity contribution in [1.29, 1.82) is 0 Å². The number of nitrogens with one attached hydrogen (secondary N) is 1. The van der Waals surface area contributed by atoms with Gasteiger partial charge in [-0.15, -0.1) is 0 Å². The fraction of sp³-hybridized carbons (Fsp3) is 0.350. The van der Waals surface area contributed by atoms with E-state index in [2.05, 4.69) is 21.2 Å². The molecule has 0 aliphatic carbocycles. The van der Waals surface area contributed by atoms with Crippen molar-refractivity contribution in [3.63, 3.8) is 0 Å². The van der Waals surface area contributed by atoms with Crippen LogP contribution in [0.2, 0.25) is 0 Å². The molecule has 26 heavy (non-hydrogen) atoms. The summed E-state index contributed by atoms with van der Waals surface area (Å²) in [6.07, 6.45) is 1.82. The molecule has 0 aromatic heterocycles. The van der Waals surface area contributed by atoms with Crippen molar-refractivity contribution in [2.75, 3.05) is 20.8 Å². The fourth-order valence-corrected chi connectivity index (χ4v) is 3.45. The largest absolute Gasteiger partial charge is 0.493 e. The number of fused-ring (bicyclic) bond motifs is 1. The third kappa shape index (κ3) is 4.30. The molecular weight excluding hydrogens is 398 g/mol. The minimum absolute atomic E-state index is 0.0193. The highest BCUT2D eigenvalue weighted by Crippen LogP contribution is 2.34. The van der Waals surface area contributed by atoms with Gasteiger partial charge in [0.2, 0.25) is 5.91 Å². The number of benzene rings is 2. The molecule has 6 heteroatoms. The van der Waals surface area contributed by atoms with Crippen molar-refractivity contribution in [1.82, 2.24) is 5.32 Å². The van der Waals surface area contributed by atoms with E-state index in [1.165, 1.54) is 0 Å². The number of rotatable bonds is 6. The minimum Gasteiger partial charge on any atom is -0.493 e. The van der Waals surface area contributed by atoms with E-state index in [4.69, 9.17) is 14.2 Å². The second-order valence-corrected chi connectivity index (χ2v) is 7.04. The molecule has 1 heterocycles. The molecule has 0 fully saturated rings. The van der Waals surface area contributed by atoms with Gasteiger partial charge < -0.3 is 19.5 Å². The van der Waals surface area contributed by atoms with Crippen LogP contribution in [0.3, 0.4) is 0 Å². The molecule has 1 atom stereocenters. The van der Waals surface area contributed by atoms with Gasteiger partial charge in [0.05, 0.1) is 26.9 Å². The molecule has 5 nitrogen and oxygen atoms in total. The summed E-state index contributed by atoms with van der Waals surface area (Å²) in [4.78, 5) is 12.4. The van der Waals surface area contributed by atoms with E-state index in [1.54, 1.807) is 14.2 Å². The quantitative estimate of drug-likeness (QED) is 0.767. The van der Waals surface area contributed by atoms with Gasteiger partial charge in [0.25, 0.3) is 0 Å². The van der Waals surface area contributed by atoms with Gasteiger partial charge in [-0.2, -0.15) is 0 Å². The van der Waals surface area contributed by atoms with Crippen molar-refractivity contribution < 1.29 is 19.0 Å². The number of aryl methyl sites for hydroxylation is 1. The molecule has 0 spiro atoms. The number of carbonyl (C=O) groups is 1. The highest BCUT2D eigenvalue weighted by atomic mass is 79.9. The summed E-state index contributed by atoms with van der Waals surface area (Å²) >= 11 is 3.48. The summed E-state index contributed by atoms with van der Waals surface area (Å²) in [5.41, 5.74) is 2.05. The summed E-state index contributed by atoms with van der Waals surface area (Å²) in [5, 5.41) is 3.13. The second kappa shape index (κ2) is 8.45. The lowest BCUT2D eigenvalue weighted by Crippen LogP contribution is -2.32. The van der Waals surface area contributed by atoms with Gasteiger partial charge in [-0.25, -0.2) is 0 Å². The molecule has 1 amide bonds. The van der Waals surface area contributed by atoms with Gasteiger partial charge in [0.1, 0.15) is 5.75 Å². The normalized spacial score (nSPS) is 15.6. The summed E-state index contributed by atoms with van der Waals surface area (Å²) < 4.78 is 17.2. The van der Waals surface area contributed by atoms with Crippen LogP contribution in [0, 0.1) is 0 Å². The van der Waals surface area contributed by atoms with Crippen LogP contribution in [-0.4, -0.2) is 26.7 Å². The van der Waals surface area contributed by atoms with Crippen LogP contribution in [0.25, 0.3) is 0 Å². The maximum atomic E-state index is 12.4. The molecule has 1 aliphatic rings. The number of ether oxygens (including phenoxy) is 3. The SMILES string of the molecule is COc1ccc(CCC(=O)NC2CCOc3ccc(Br)cc32)cc1OC. The van der Waals surface area contributed by atoms with Crippen molar-refractivity contribution in [3.05, 3.63) is 52.0 Å². The van der Waals surface area contributed by atoms with Crippen molar-refractivity contribution in [3.8, 4) is 17.2 Å². The number of amides is 1. The Balaban J connectivity index is 1.61. The molecule has 138 valence electrons. The third-order valence-electron chi connectivity index (χ3n) is 4.44. The monoisotopic (exact) mass is 419 g/mol. The Bertz CT molecular complexity index is 793. The zero-order valence-electron chi connectivity index (χ0n) is 14.9. The lowest BCUT2D eigenvalue weighted by atomic mass is 10.00. The van der Waals surface area contributed by atoms with E-state index in [9.17, 15) is 4.79 Å². The molecule has 0 radical (unpaired) electrons. The zero-order chi connectivity index (χ0) is 18.5.